The van der Waals surface area contributed by atoms with Crippen molar-refractivity contribution in [1.29, 1.82) is 0 Å². The van der Waals surface area contributed by atoms with Crippen molar-refractivity contribution < 1.29 is 0 Å². The highest BCUT2D eigenvalue weighted by Gasteiger charge is 1.97. The predicted molar refractivity (Wildman–Crippen MR) is 84.5 cm³/mol. The van der Waals surface area contributed by atoms with E-state index in [1.54, 1.807) is 0 Å². The molecular formula is C18H21N. The van der Waals surface area contributed by atoms with Crippen LogP contribution in [0.3, 0.4) is 0 Å². The van der Waals surface area contributed by atoms with E-state index in [1.807, 2.05) is 6.07 Å². The van der Waals surface area contributed by atoms with Crippen LogP contribution >= 0.6 is 0 Å². The topological polar surface area (TPSA) is 12.0 Å². The molecule has 0 saturated carbocycles. The maximum absolute atomic E-state index is 3.39. The summed E-state index contributed by atoms with van der Waals surface area (Å²) < 4.78 is 0. The Morgan fingerprint density at radius 3 is 2.26 bits per heavy atom. The van der Waals surface area contributed by atoms with Gasteiger partial charge in [0.2, 0.25) is 0 Å². The second-order valence-corrected chi connectivity index (χ2v) is 4.97. The molecule has 1 nitrogen and oxygen atoms in total. The first kappa shape index (κ1) is 13.4. The Bertz CT molecular complexity index is 509. The fourth-order valence-corrected chi connectivity index (χ4v) is 1.92. The summed E-state index contributed by atoms with van der Waals surface area (Å²) in [7, 11) is 0. The van der Waals surface area contributed by atoms with Crippen molar-refractivity contribution in [2.24, 2.45) is 0 Å². The van der Waals surface area contributed by atoms with E-state index < -0.39 is 0 Å². The Morgan fingerprint density at radius 1 is 0.947 bits per heavy atom. The van der Waals surface area contributed by atoms with E-state index in [9.17, 15) is 0 Å². The van der Waals surface area contributed by atoms with Crippen molar-refractivity contribution in [2.75, 3.05) is 11.9 Å². The monoisotopic (exact) mass is 251 g/mol. The van der Waals surface area contributed by atoms with Gasteiger partial charge in [-0.15, -0.1) is 0 Å². The van der Waals surface area contributed by atoms with E-state index in [0.29, 0.717) is 5.92 Å². The third kappa shape index (κ3) is 4.29. The molecule has 1 N–H and O–H groups in total. The van der Waals surface area contributed by atoms with E-state index in [1.165, 1.54) is 16.8 Å². The molecule has 0 amide bonds. The van der Waals surface area contributed by atoms with Gasteiger partial charge in [0, 0.05) is 12.2 Å². The first-order valence-corrected chi connectivity index (χ1v) is 6.81. The molecule has 98 valence electrons. The number of hydrogen-bond donors (Lipinski definition) is 1. The van der Waals surface area contributed by atoms with Gasteiger partial charge in [0.1, 0.15) is 0 Å². The molecule has 2 aromatic rings. The van der Waals surface area contributed by atoms with Crippen LogP contribution in [0.15, 0.2) is 60.7 Å². The Kier molecular flexibility index (Phi) is 4.79. The summed E-state index contributed by atoms with van der Waals surface area (Å²) in [6.07, 6.45) is 4.28. The molecular weight excluding hydrogens is 230 g/mol. The molecule has 1 heteroatoms. The molecule has 0 aliphatic carbocycles. The lowest BCUT2D eigenvalue weighted by atomic mass is 10.0. The highest BCUT2D eigenvalue weighted by Crippen LogP contribution is 2.16. The van der Waals surface area contributed by atoms with Gasteiger partial charge in [0.05, 0.1) is 0 Å². The zero-order valence-electron chi connectivity index (χ0n) is 11.6. The van der Waals surface area contributed by atoms with Crippen LogP contribution in [-0.2, 0) is 0 Å². The molecule has 0 unspecified atom stereocenters. The molecule has 0 atom stereocenters. The third-order valence-electron chi connectivity index (χ3n) is 3.11. The minimum absolute atomic E-state index is 0.590. The van der Waals surface area contributed by atoms with E-state index in [4.69, 9.17) is 0 Å². The second kappa shape index (κ2) is 6.79. The fourth-order valence-electron chi connectivity index (χ4n) is 1.92. The van der Waals surface area contributed by atoms with Gasteiger partial charge in [0.15, 0.2) is 0 Å². The third-order valence-corrected chi connectivity index (χ3v) is 3.11. The average molecular weight is 251 g/mol. The van der Waals surface area contributed by atoms with E-state index in [0.717, 1.165) is 6.54 Å². The Morgan fingerprint density at radius 2 is 1.63 bits per heavy atom. The van der Waals surface area contributed by atoms with Gasteiger partial charge < -0.3 is 5.32 Å². The molecule has 0 heterocycles. The summed E-state index contributed by atoms with van der Waals surface area (Å²) in [6, 6.07) is 19.0. The van der Waals surface area contributed by atoms with Gasteiger partial charge >= 0.3 is 0 Å². The second-order valence-electron chi connectivity index (χ2n) is 4.97. The summed E-state index contributed by atoms with van der Waals surface area (Å²) >= 11 is 0. The first-order chi connectivity index (χ1) is 9.25. The number of hydrogen-bond acceptors (Lipinski definition) is 1. The predicted octanol–water partition coefficient (Wildman–Crippen LogP) is 4.94. The van der Waals surface area contributed by atoms with Gasteiger partial charge in [-0.25, -0.2) is 0 Å². The number of anilines is 1. The van der Waals surface area contributed by atoms with Crippen molar-refractivity contribution in [2.45, 2.75) is 19.8 Å². The van der Waals surface area contributed by atoms with Crippen molar-refractivity contribution >= 4 is 11.8 Å². The van der Waals surface area contributed by atoms with Crippen LogP contribution in [0.4, 0.5) is 5.69 Å². The summed E-state index contributed by atoms with van der Waals surface area (Å²) in [5, 5.41) is 3.39. The molecule has 0 aliphatic heterocycles. The lowest BCUT2D eigenvalue weighted by Gasteiger charge is -2.07. The summed E-state index contributed by atoms with van der Waals surface area (Å²) in [5.41, 5.74) is 3.78. The van der Waals surface area contributed by atoms with Crippen LogP contribution in [0.2, 0.25) is 0 Å². The SMILES string of the molecule is CC(C)c1ccc(NCC=Cc2ccccc2)cc1. The smallest absolute Gasteiger partial charge is 0.0342 e. The van der Waals surface area contributed by atoms with E-state index >= 15 is 0 Å². The summed E-state index contributed by atoms with van der Waals surface area (Å²) in [4.78, 5) is 0. The highest BCUT2D eigenvalue weighted by atomic mass is 14.8. The summed E-state index contributed by atoms with van der Waals surface area (Å²) in [5.74, 6) is 0.590. The van der Waals surface area contributed by atoms with Crippen LogP contribution in [-0.4, -0.2) is 6.54 Å². The normalized spacial score (nSPS) is 11.1. The minimum Gasteiger partial charge on any atom is -0.382 e. The fraction of sp³-hybridized carbons (Fsp3) is 0.222. The molecule has 2 rings (SSSR count). The van der Waals surface area contributed by atoms with Gasteiger partial charge in [0.25, 0.3) is 0 Å². The highest BCUT2D eigenvalue weighted by molar-refractivity contribution is 5.51. The van der Waals surface area contributed by atoms with Crippen molar-refractivity contribution in [1.82, 2.24) is 0 Å². The maximum atomic E-state index is 3.39. The van der Waals surface area contributed by atoms with Crippen LogP contribution in [0.1, 0.15) is 30.9 Å². The molecule has 0 aliphatic rings. The Labute approximate surface area is 116 Å². The molecule has 0 bridgehead atoms. The van der Waals surface area contributed by atoms with Crippen molar-refractivity contribution in [3.63, 3.8) is 0 Å². The van der Waals surface area contributed by atoms with Crippen LogP contribution < -0.4 is 5.32 Å². The van der Waals surface area contributed by atoms with Crippen molar-refractivity contribution in [3.8, 4) is 0 Å². The average Bonchev–Trinajstić information content (AvgIpc) is 2.45. The standard InChI is InChI=1S/C18H21N/c1-15(2)17-10-12-18(13-11-17)19-14-6-9-16-7-4-3-5-8-16/h3-13,15,19H,14H2,1-2H3. The zero-order chi connectivity index (χ0) is 13.5. The molecule has 19 heavy (non-hydrogen) atoms. The summed E-state index contributed by atoms with van der Waals surface area (Å²) in [6.45, 7) is 5.27. The van der Waals surface area contributed by atoms with Gasteiger partial charge in [-0.1, -0.05) is 68.5 Å². The van der Waals surface area contributed by atoms with Crippen molar-refractivity contribution in [3.05, 3.63) is 71.8 Å². The number of benzene rings is 2. The molecule has 0 aromatic heterocycles. The molecule has 0 fully saturated rings. The molecule has 0 spiro atoms. The van der Waals surface area contributed by atoms with Crippen LogP contribution in [0, 0.1) is 0 Å². The number of rotatable bonds is 5. The molecule has 0 saturated heterocycles. The molecule has 2 aromatic carbocycles. The van der Waals surface area contributed by atoms with Crippen LogP contribution in [0.5, 0.6) is 0 Å². The Balaban J connectivity index is 1.84. The first-order valence-electron chi connectivity index (χ1n) is 6.81. The van der Waals surface area contributed by atoms with Gasteiger partial charge in [-0.3, -0.25) is 0 Å². The van der Waals surface area contributed by atoms with E-state index in [-0.39, 0.29) is 0 Å². The minimum atomic E-state index is 0.590. The largest absolute Gasteiger partial charge is 0.382 e. The van der Waals surface area contributed by atoms with E-state index in [2.05, 4.69) is 79.8 Å². The van der Waals surface area contributed by atoms with Crippen LogP contribution in [0.25, 0.3) is 6.08 Å². The number of nitrogens with one attached hydrogen (secondary N) is 1. The van der Waals surface area contributed by atoms with Gasteiger partial charge in [-0.05, 0) is 29.2 Å². The molecule has 0 radical (unpaired) electrons. The lowest BCUT2D eigenvalue weighted by molar-refractivity contribution is 0.867. The zero-order valence-corrected chi connectivity index (χ0v) is 11.6. The lowest BCUT2D eigenvalue weighted by Crippen LogP contribution is -1.98. The maximum Gasteiger partial charge on any atom is 0.0342 e. The Hall–Kier alpha value is -2.02. The quantitative estimate of drug-likeness (QED) is 0.794. The van der Waals surface area contributed by atoms with Gasteiger partial charge in [-0.2, -0.15) is 0 Å².